The van der Waals surface area contributed by atoms with Gasteiger partial charge in [0.2, 0.25) is 0 Å². The first-order valence-electron chi connectivity index (χ1n) is 6.15. The van der Waals surface area contributed by atoms with Crippen LogP contribution in [0.1, 0.15) is 25.7 Å². The van der Waals surface area contributed by atoms with Gasteiger partial charge in [0, 0.05) is 19.2 Å². The highest BCUT2D eigenvalue weighted by Crippen LogP contribution is 2.36. The summed E-state index contributed by atoms with van der Waals surface area (Å²) in [5.74, 6) is 0. The number of halogens is 1. The summed E-state index contributed by atoms with van der Waals surface area (Å²) in [6.45, 7) is 1.05. The average molecular weight is 255 g/mol. The molecular formula is C13H19ClN2O. The van der Waals surface area contributed by atoms with Crippen LogP contribution in [-0.4, -0.2) is 24.3 Å². The monoisotopic (exact) mass is 254 g/mol. The maximum absolute atomic E-state index is 8.97. The Balaban J connectivity index is 2.21. The second-order valence-electron chi connectivity index (χ2n) is 4.53. The largest absolute Gasteiger partial charge is 0.396 e. The number of nitrogens with zero attached hydrogens (tertiary/aromatic N) is 1. The van der Waals surface area contributed by atoms with Crippen molar-refractivity contribution in [1.29, 1.82) is 0 Å². The predicted octanol–water partition coefficient (Wildman–Crippen LogP) is 2.66. The van der Waals surface area contributed by atoms with Crippen LogP contribution in [0.25, 0.3) is 0 Å². The zero-order valence-electron chi connectivity index (χ0n) is 9.90. The molecule has 1 aliphatic rings. The molecule has 17 heavy (non-hydrogen) atoms. The molecule has 1 fully saturated rings. The molecule has 0 atom stereocenters. The number of para-hydroxylation sites is 1. The van der Waals surface area contributed by atoms with Gasteiger partial charge >= 0.3 is 0 Å². The Kier molecular flexibility index (Phi) is 4.13. The molecule has 94 valence electrons. The molecule has 0 heterocycles. The van der Waals surface area contributed by atoms with Crippen molar-refractivity contribution in [2.24, 2.45) is 0 Å². The number of aliphatic hydroxyl groups excluding tert-OH is 1. The number of anilines is 2. The lowest BCUT2D eigenvalue weighted by atomic mass is 9.90. The summed E-state index contributed by atoms with van der Waals surface area (Å²) in [5.41, 5.74) is 7.70. The Hall–Kier alpha value is -0.930. The molecule has 2 rings (SSSR count). The van der Waals surface area contributed by atoms with Crippen LogP contribution in [0, 0.1) is 0 Å². The predicted molar refractivity (Wildman–Crippen MR) is 72.6 cm³/mol. The van der Waals surface area contributed by atoms with Crippen molar-refractivity contribution in [3.8, 4) is 0 Å². The summed E-state index contributed by atoms with van der Waals surface area (Å²) in [5, 5.41) is 9.58. The van der Waals surface area contributed by atoms with E-state index in [1.807, 2.05) is 18.2 Å². The molecule has 0 amide bonds. The van der Waals surface area contributed by atoms with Gasteiger partial charge in [-0.2, -0.15) is 0 Å². The van der Waals surface area contributed by atoms with Gasteiger partial charge in [0.15, 0.2) is 0 Å². The molecule has 3 N–H and O–H groups in total. The van der Waals surface area contributed by atoms with Gasteiger partial charge in [-0.1, -0.05) is 17.7 Å². The summed E-state index contributed by atoms with van der Waals surface area (Å²) in [7, 11) is 0. The van der Waals surface area contributed by atoms with Gasteiger partial charge in [-0.15, -0.1) is 0 Å². The maximum atomic E-state index is 8.97. The molecule has 4 heteroatoms. The van der Waals surface area contributed by atoms with E-state index in [0.29, 0.717) is 16.8 Å². The molecule has 0 radical (unpaired) electrons. The lowest BCUT2D eigenvalue weighted by Crippen LogP contribution is -2.41. The van der Waals surface area contributed by atoms with Crippen LogP contribution in [0.3, 0.4) is 0 Å². The van der Waals surface area contributed by atoms with Gasteiger partial charge in [-0.3, -0.25) is 0 Å². The first-order valence-corrected chi connectivity index (χ1v) is 6.53. The summed E-state index contributed by atoms with van der Waals surface area (Å²) in [6, 6.07) is 6.31. The number of hydrogen-bond donors (Lipinski definition) is 2. The Bertz CT molecular complexity index is 380. The Morgan fingerprint density at radius 3 is 2.76 bits per heavy atom. The van der Waals surface area contributed by atoms with Crippen LogP contribution >= 0.6 is 11.6 Å². The van der Waals surface area contributed by atoms with Gasteiger partial charge in [0.1, 0.15) is 0 Å². The number of nitrogen functional groups attached to an aromatic ring is 1. The minimum atomic E-state index is 0.212. The van der Waals surface area contributed by atoms with Gasteiger partial charge < -0.3 is 15.7 Å². The van der Waals surface area contributed by atoms with Gasteiger partial charge in [-0.25, -0.2) is 0 Å². The third-order valence-corrected chi connectivity index (χ3v) is 3.74. The quantitative estimate of drug-likeness (QED) is 0.795. The highest BCUT2D eigenvalue weighted by atomic mass is 35.5. The van der Waals surface area contributed by atoms with Gasteiger partial charge in [0.05, 0.1) is 16.4 Å². The molecule has 0 aliphatic heterocycles. The van der Waals surface area contributed by atoms with E-state index in [9.17, 15) is 0 Å². The fourth-order valence-electron chi connectivity index (χ4n) is 2.22. The SMILES string of the molecule is Nc1c(Cl)cccc1N(CCCO)C1CCC1. The molecular weight excluding hydrogens is 236 g/mol. The second-order valence-corrected chi connectivity index (χ2v) is 4.94. The molecule has 0 spiro atoms. The van der Waals surface area contributed by atoms with E-state index in [2.05, 4.69) is 4.90 Å². The highest BCUT2D eigenvalue weighted by molar-refractivity contribution is 6.33. The summed E-state index contributed by atoms with van der Waals surface area (Å²) < 4.78 is 0. The van der Waals surface area contributed by atoms with E-state index in [1.165, 1.54) is 19.3 Å². The molecule has 1 aromatic carbocycles. The van der Waals surface area contributed by atoms with Crippen LogP contribution in [0.4, 0.5) is 11.4 Å². The highest BCUT2D eigenvalue weighted by Gasteiger charge is 2.26. The summed E-state index contributed by atoms with van der Waals surface area (Å²) in [6.07, 6.45) is 4.46. The zero-order chi connectivity index (χ0) is 12.3. The van der Waals surface area contributed by atoms with Crippen LogP contribution < -0.4 is 10.6 Å². The maximum Gasteiger partial charge on any atom is 0.0741 e. The minimum Gasteiger partial charge on any atom is -0.396 e. The minimum absolute atomic E-state index is 0.212. The lowest BCUT2D eigenvalue weighted by Gasteiger charge is -2.40. The van der Waals surface area contributed by atoms with E-state index in [-0.39, 0.29) is 6.61 Å². The van der Waals surface area contributed by atoms with Crippen LogP contribution in [0.15, 0.2) is 18.2 Å². The summed E-state index contributed by atoms with van der Waals surface area (Å²) in [4.78, 5) is 2.29. The van der Waals surface area contributed by atoms with Gasteiger partial charge in [0.25, 0.3) is 0 Å². The lowest BCUT2D eigenvalue weighted by molar-refractivity contribution is 0.283. The van der Waals surface area contributed by atoms with Crippen molar-refractivity contribution in [2.75, 3.05) is 23.8 Å². The summed E-state index contributed by atoms with van der Waals surface area (Å²) >= 11 is 6.06. The molecule has 0 aromatic heterocycles. The van der Waals surface area contributed by atoms with E-state index >= 15 is 0 Å². The third kappa shape index (κ3) is 2.67. The third-order valence-electron chi connectivity index (χ3n) is 3.41. The smallest absolute Gasteiger partial charge is 0.0741 e. The molecule has 0 saturated heterocycles. The first kappa shape index (κ1) is 12.5. The Morgan fingerprint density at radius 1 is 1.41 bits per heavy atom. The van der Waals surface area contributed by atoms with E-state index < -0.39 is 0 Å². The van der Waals surface area contributed by atoms with E-state index in [1.54, 1.807) is 0 Å². The van der Waals surface area contributed by atoms with E-state index in [0.717, 1.165) is 18.7 Å². The van der Waals surface area contributed by atoms with Gasteiger partial charge in [-0.05, 0) is 37.8 Å². The average Bonchev–Trinajstić information content (AvgIpc) is 2.26. The topological polar surface area (TPSA) is 49.5 Å². The van der Waals surface area contributed by atoms with Crippen molar-refractivity contribution in [3.63, 3.8) is 0 Å². The second kappa shape index (κ2) is 5.61. The molecule has 0 unspecified atom stereocenters. The number of hydrogen-bond acceptors (Lipinski definition) is 3. The van der Waals surface area contributed by atoms with Crippen molar-refractivity contribution >= 4 is 23.0 Å². The molecule has 1 aliphatic carbocycles. The number of aliphatic hydroxyl groups is 1. The van der Waals surface area contributed by atoms with Crippen molar-refractivity contribution < 1.29 is 5.11 Å². The first-order chi connectivity index (χ1) is 8.24. The number of nitrogens with two attached hydrogens (primary N) is 1. The van der Waals surface area contributed by atoms with Crippen molar-refractivity contribution in [2.45, 2.75) is 31.7 Å². The van der Waals surface area contributed by atoms with E-state index in [4.69, 9.17) is 22.4 Å². The molecule has 3 nitrogen and oxygen atoms in total. The van der Waals surface area contributed by atoms with Crippen LogP contribution in [-0.2, 0) is 0 Å². The molecule has 0 bridgehead atoms. The fourth-order valence-corrected chi connectivity index (χ4v) is 2.38. The standard InChI is InChI=1S/C13H19ClN2O/c14-11-6-2-7-12(13(11)15)16(8-3-9-17)10-4-1-5-10/h2,6-7,10,17H,1,3-5,8-9,15H2. The van der Waals surface area contributed by atoms with Crippen molar-refractivity contribution in [3.05, 3.63) is 23.2 Å². The Labute approximate surface area is 107 Å². The van der Waals surface area contributed by atoms with Crippen LogP contribution in [0.5, 0.6) is 0 Å². The number of rotatable bonds is 5. The van der Waals surface area contributed by atoms with Crippen LogP contribution in [0.2, 0.25) is 5.02 Å². The normalized spacial score (nSPS) is 15.6. The van der Waals surface area contributed by atoms with Crippen molar-refractivity contribution in [1.82, 2.24) is 0 Å². The Morgan fingerprint density at radius 2 is 2.18 bits per heavy atom. The fraction of sp³-hybridized carbons (Fsp3) is 0.538. The number of benzene rings is 1. The zero-order valence-corrected chi connectivity index (χ0v) is 10.7. The molecule has 1 aromatic rings. The molecule has 1 saturated carbocycles.